The maximum absolute atomic E-state index is 13.1. The minimum Gasteiger partial charge on any atom is -0.483 e. The summed E-state index contributed by atoms with van der Waals surface area (Å²) in [6.07, 6.45) is 8.02. The number of carbonyl (C=O) groups is 1. The Morgan fingerprint density at radius 1 is 1.28 bits per heavy atom. The smallest absolute Gasteiger partial charge is 0.258 e. The van der Waals surface area contributed by atoms with E-state index in [1.54, 1.807) is 0 Å². The predicted octanol–water partition coefficient (Wildman–Crippen LogP) is 4.69. The third-order valence-corrected chi connectivity index (χ3v) is 7.25. The number of hydrogen-bond acceptors (Lipinski definition) is 2. The lowest BCUT2D eigenvalue weighted by molar-refractivity contribution is -0.127. The molecule has 4 saturated carbocycles. The molecule has 5 heteroatoms. The average Bonchev–Trinajstić information content (AvgIpc) is 2.52. The number of ether oxygens (including phenoxy) is 1. The van der Waals surface area contributed by atoms with Crippen molar-refractivity contribution in [1.29, 1.82) is 0 Å². The van der Waals surface area contributed by atoms with Crippen LogP contribution in [0, 0.1) is 29.0 Å². The molecule has 0 heterocycles. The molecule has 5 rings (SSSR count). The minimum atomic E-state index is -0.334. The summed E-state index contributed by atoms with van der Waals surface area (Å²) in [6, 6.07) is 4.39. The van der Waals surface area contributed by atoms with Gasteiger partial charge in [0.05, 0.1) is 4.47 Å². The van der Waals surface area contributed by atoms with Crippen LogP contribution >= 0.6 is 15.9 Å². The second-order valence-electron chi connectivity index (χ2n) is 8.43. The molecule has 0 spiro atoms. The van der Waals surface area contributed by atoms with Crippen molar-refractivity contribution < 1.29 is 13.9 Å². The van der Waals surface area contributed by atoms with Gasteiger partial charge in [0, 0.05) is 6.04 Å². The van der Waals surface area contributed by atoms with Crippen LogP contribution in [0.1, 0.15) is 45.4 Å². The topological polar surface area (TPSA) is 38.3 Å². The zero-order valence-electron chi connectivity index (χ0n) is 14.6. The average molecular weight is 410 g/mol. The maximum Gasteiger partial charge on any atom is 0.258 e. The lowest BCUT2D eigenvalue weighted by Gasteiger charge is -2.59. The van der Waals surface area contributed by atoms with Crippen LogP contribution in [0.2, 0.25) is 0 Å². The molecule has 0 aromatic heterocycles. The third-order valence-electron chi connectivity index (χ3n) is 6.63. The molecule has 136 valence electrons. The van der Waals surface area contributed by atoms with Gasteiger partial charge in [-0.15, -0.1) is 0 Å². The molecule has 3 nitrogen and oxygen atoms in total. The molecule has 0 aliphatic heterocycles. The first kappa shape index (κ1) is 17.3. The van der Waals surface area contributed by atoms with Crippen molar-refractivity contribution >= 4 is 21.8 Å². The quantitative estimate of drug-likeness (QED) is 0.765. The summed E-state index contributed by atoms with van der Waals surface area (Å²) >= 11 is 3.26. The second-order valence-corrected chi connectivity index (χ2v) is 9.29. The number of halogens is 2. The molecular weight excluding hydrogens is 385 g/mol. The highest BCUT2D eigenvalue weighted by Crippen LogP contribution is 2.61. The second kappa shape index (κ2) is 6.57. The van der Waals surface area contributed by atoms with E-state index in [0.29, 0.717) is 15.6 Å². The summed E-state index contributed by atoms with van der Waals surface area (Å²) in [6.45, 7) is 2.12. The lowest BCUT2D eigenvalue weighted by atomic mass is 9.48. The van der Waals surface area contributed by atoms with Crippen molar-refractivity contribution in [2.75, 3.05) is 6.61 Å². The van der Waals surface area contributed by atoms with E-state index in [-0.39, 0.29) is 24.4 Å². The Labute approximate surface area is 156 Å². The van der Waals surface area contributed by atoms with E-state index in [2.05, 4.69) is 28.2 Å². The van der Waals surface area contributed by atoms with Crippen LogP contribution in [0.3, 0.4) is 0 Å². The number of carbonyl (C=O) groups excluding carboxylic acids is 1. The molecular formula is C20H25BrFNO2. The molecule has 4 bridgehead atoms. The molecule has 1 N–H and O–H groups in total. The van der Waals surface area contributed by atoms with Gasteiger partial charge < -0.3 is 10.1 Å². The molecule has 0 unspecified atom stereocenters. The Kier molecular flexibility index (Phi) is 4.55. The summed E-state index contributed by atoms with van der Waals surface area (Å²) < 4.78 is 19.2. The highest BCUT2D eigenvalue weighted by Gasteiger charge is 2.53. The number of hydrogen-bond donors (Lipinski definition) is 1. The first-order valence-electron chi connectivity index (χ1n) is 9.31. The molecule has 25 heavy (non-hydrogen) atoms. The summed E-state index contributed by atoms with van der Waals surface area (Å²) in [4.78, 5) is 12.4. The molecule has 4 aliphatic carbocycles. The zero-order valence-corrected chi connectivity index (χ0v) is 16.1. The Balaban J connectivity index is 1.34. The van der Waals surface area contributed by atoms with Gasteiger partial charge in [0.2, 0.25) is 0 Å². The van der Waals surface area contributed by atoms with Crippen LogP contribution in [-0.4, -0.2) is 18.6 Å². The predicted molar refractivity (Wildman–Crippen MR) is 97.8 cm³/mol. The van der Waals surface area contributed by atoms with Gasteiger partial charge in [-0.3, -0.25) is 4.79 Å². The normalized spacial score (nSPS) is 34.0. The van der Waals surface area contributed by atoms with Gasteiger partial charge in [-0.2, -0.15) is 0 Å². The van der Waals surface area contributed by atoms with Gasteiger partial charge in [0.25, 0.3) is 5.91 Å². The van der Waals surface area contributed by atoms with Crippen LogP contribution in [0.15, 0.2) is 22.7 Å². The number of nitrogens with one attached hydrogen (secondary N) is 1. The third kappa shape index (κ3) is 3.44. The van der Waals surface area contributed by atoms with E-state index < -0.39 is 0 Å². The van der Waals surface area contributed by atoms with Gasteiger partial charge >= 0.3 is 0 Å². The van der Waals surface area contributed by atoms with Gasteiger partial charge in [0.15, 0.2) is 6.61 Å². The van der Waals surface area contributed by atoms with E-state index in [1.165, 1.54) is 56.7 Å². The number of amides is 1. The van der Waals surface area contributed by atoms with Crippen LogP contribution in [0.4, 0.5) is 4.39 Å². The molecule has 4 aliphatic rings. The SMILES string of the molecule is C[C@H](NC(=O)COc1ccc(F)cc1Br)C12CC3CC(CC(C3)C1)C2. The molecule has 1 atom stereocenters. The van der Waals surface area contributed by atoms with E-state index in [4.69, 9.17) is 4.74 Å². The summed E-state index contributed by atoms with van der Waals surface area (Å²) in [5, 5.41) is 3.18. The van der Waals surface area contributed by atoms with Crippen molar-refractivity contribution in [3.8, 4) is 5.75 Å². The maximum atomic E-state index is 13.1. The van der Waals surface area contributed by atoms with Crippen LogP contribution in [0.5, 0.6) is 5.75 Å². The molecule has 1 aromatic carbocycles. The van der Waals surface area contributed by atoms with E-state index in [9.17, 15) is 9.18 Å². The number of rotatable bonds is 5. The fourth-order valence-corrected chi connectivity index (χ4v) is 6.35. The Hall–Kier alpha value is -1.10. The first-order chi connectivity index (χ1) is 11.9. The van der Waals surface area contributed by atoms with Crippen molar-refractivity contribution in [3.05, 3.63) is 28.5 Å². The van der Waals surface area contributed by atoms with Crippen LogP contribution in [0.25, 0.3) is 0 Å². The van der Waals surface area contributed by atoms with Crippen molar-refractivity contribution in [1.82, 2.24) is 5.32 Å². The highest BCUT2D eigenvalue weighted by atomic mass is 79.9. The van der Waals surface area contributed by atoms with Crippen LogP contribution in [-0.2, 0) is 4.79 Å². The van der Waals surface area contributed by atoms with Gasteiger partial charge in [0.1, 0.15) is 11.6 Å². The van der Waals surface area contributed by atoms with E-state index in [0.717, 1.165) is 17.8 Å². The first-order valence-corrected chi connectivity index (χ1v) is 10.1. The Bertz CT molecular complexity index is 642. The molecule has 1 aromatic rings. The molecule has 1 amide bonds. The molecule has 0 saturated heterocycles. The highest BCUT2D eigenvalue weighted by molar-refractivity contribution is 9.10. The van der Waals surface area contributed by atoms with Gasteiger partial charge in [-0.1, -0.05) is 0 Å². The Morgan fingerprint density at radius 3 is 2.44 bits per heavy atom. The van der Waals surface area contributed by atoms with Crippen molar-refractivity contribution in [3.63, 3.8) is 0 Å². The van der Waals surface area contributed by atoms with E-state index in [1.807, 2.05) is 0 Å². The van der Waals surface area contributed by atoms with Gasteiger partial charge in [-0.25, -0.2) is 4.39 Å². The van der Waals surface area contributed by atoms with E-state index >= 15 is 0 Å². The molecule has 0 radical (unpaired) electrons. The summed E-state index contributed by atoms with van der Waals surface area (Å²) in [5.41, 5.74) is 0.293. The monoisotopic (exact) mass is 409 g/mol. The minimum absolute atomic E-state index is 0.0407. The lowest BCUT2D eigenvalue weighted by Crippen LogP contribution is -2.56. The largest absolute Gasteiger partial charge is 0.483 e. The molecule has 4 fully saturated rings. The summed E-state index contributed by atoms with van der Waals surface area (Å²) in [5.74, 6) is 2.67. The van der Waals surface area contributed by atoms with Crippen LogP contribution < -0.4 is 10.1 Å². The Morgan fingerprint density at radius 2 is 1.88 bits per heavy atom. The fourth-order valence-electron chi connectivity index (χ4n) is 5.88. The van der Waals surface area contributed by atoms with Gasteiger partial charge in [-0.05, 0) is 103 Å². The number of benzene rings is 1. The standard InChI is InChI=1S/C20H25BrFNO2/c1-12(20-8-13-4-14(9-20)6-15(5-13)10-20)23-19(24)11-25-18-3-2-16(22)7-17(18)21/h2-3,7,12-15H,4-6,8-11H2,1H3,(H,23,24)/t12-,13?,14?,15?,20?/m0/s1. The van der Waals surface area contributed by atoms with Crippen molar-refractivity contribution in [2.24, 2.45) is 23.2 Å². The summed E-state index contributed by atoms with van der Waals surface area (Å²) in [7, 11) is 0. The fraction of sp³-hybridized carbons (Fsp3) is 0.650. The van der Waals surface area contributed by atoms with Crippen molar-refractivity contribution in [2.45, 2.75) is 51.5 Å². The zero-order chi connectivity index (χ0) is 17.6.